The third-order valence-electron chi connectivity index (χ3n) is 1.50. The van der Waals surface area contributed by atoms with Crippen molar-refractivity contribution in [3.63, 3.8) is 0 Å². The smallest absolute Gasteiger partial charge is 0.667 e. The molecule has 1 aromatic carbocycles. The maximum atomic E-state index is 10.4. The third kappa shape index (κ3) is 4.78. The minimum absolute atomic E-state index is 0. The van der Waals surface area contributed by atoms with Crippen LogP contribution in [0.5, 0.6) is 5.75 Å². The Morgan fingerprint density at radius 3 is 2.77 bits per heavy atom. The van der Waals surface area contributed by atoms with Gasteiger partial charge in [-0.1, -0.05) is 12.1 Å². The van der Waals surface area contributed by atoms with Crippen LogP contribution in [0.2, 0.25) is 0 Å². The summed E-state index contributed by atoms with van der Waals surface area (Å²) in [5, 5.41) is 0. The monoisotopic (exact) mass is 203 g/mol. The van der Waals surface area contributed by atoms with E-state index < -0.39 is 5.91 Å². The number of amides is 1. The molecule has 0 aliphatic heterocycles. The van der Waals surface area contributed by atoms with E-state index >= 15 is 0 Å². The van der Waals surface area contributed by atoms with Crippen LogP contribution in [0, 0.1) is 0 Å². The fourth-order valence-corrected chi connectivity index (χ4v) is 0.968. The zero-order valence-corrected chi connectivity index (χ0v) is 11.0. The van der Waals surface area contributed by atoms with E-state index in [0.29, 0.717) is 5.75 Å². The van der Waals surface area contributed by atoms with Crippen LogP contribution < -0.4 is 56.1 Å². The molecule has 0 heterocycles. The van der Waals surface area contributed by atoms with Crippen LogP contribution in [0.1, 0.15) is 5.56 Å². The molecule has 13 heavy (non-hydrogen) atoms. The molecule has 64 valence electrons. The number of nitrogens with one attached hydrogen (secondary N) is 1. The molecule has 0 radical (unpaired) electrons. The maximum absolute atomic E-state index is 10.4. The molecule has 0 spiro atoms. The van der Waals surface area contributed by atoms with E-state index in [1.807, 2.05) is 0 Å². The Morgan fingerprint density at radius 1 is 1.54 bits per heavy atom. The van der Waals surface area contributed by atoms with Gasteiger partial charge in [0.05, 0.1) is 13.0 Å². The maximum Gasteiger partial charge on any atom is 1.00 e. The average molecular weight is 203 g/mol. The molecule has 0 saturated carbocycles. The zero-order valence-electron chi connectivity index (χ0n) is 7.83. The predicted molar refractivity (Wildman–Crippen MR) is 46.0 cm³/mol. The molecule has 4 heteroatoms. The number of ether oxygens (including phenoxy) is 1. The number of benzene rings is 1. The van der Waals surface area contributed by atoms with E-state index in [9.17, 15) is 4.79 Å². The van der Waals surface area contributed by atoms with Crippen molar-refractivity contribution in [2.75, 3.05) is 7.11 Å². The van der Waals surface area contributed by atoms with Gasteiger partial charge in [-0.25, -0.2) is 0 Å². The Labute approximate surface area is 120 Å². The molecule has 0 aromatic heterocycles. The minimum atomic E-state index is -0.580. The number of carbonyl (C=O) groups is 1. The van der Waals surface area contributed by atoms with Crippen molar-refractivity contribution in [3.8, 4) is 5.75 Å². The summed E-state index contributed by atoms with van der Waals surface area (Å²) in [5.41, 5.74) is 7.58. The van der Waals surface area contributed by atoms with Crippen molar-refractivity contribution >= 4 is 5.91 Å². The summed E-state index contributed by atoms with van der Waals surface area (Å²) < 4.78 is 4.96. The minimum Gasteiger partial charge on any atom is -0.667 e. The van der Waals surface area contributed by atoms with Gasteiger partial charge in [-0.2, -0.15) is 0 Å². The SMILES string of the molecule is COc1cccc(CC([NH-])=O)c1.[K+]. The fourth-order valence-electron chi connectivity index (χ4n) is 0.968. The number of methoxy groups -OCH3 is 1. The molecule has 0 aliphatic carbocycles. The first-order valence-corrected chi connectivity index (χ1v) is 3.59. The van der Waals surface area contributed by atoms with Crippen molar-refractivity contribution in [2.24, 2.45) is 0 Å². The molecule has 1 amide bonds. The van der Waals surface area contributed by atoms with Crippen molar-refractivity contribution in [1.82, 2.24) is 0 Å². The van der Waals surface area contributed by atoms with Crippen LogP contribution in [0.25, 0.3) is 5.73 Å². The van der Waals surface area contributed by atoms with E-state index in [1.165, 1.54) is 0 Å². The largest absolute Gasteiger partial charge is 1.00 e. The molecule has 0 aliphatic rings. The van der Waals surface area contributed by atoms with Crippen LogP contribution in [0.3, 0.4) is 0 Å². The van der Waals surface area contributed by atoms with E-state index in [1.54, 1.807) is 31.4 Å². The molecule has 0 bridgehead atoms. The van der Waals surface area contributed by atoms with Gasteiger partial charge in [-0.3, -0.25) is 0 Å². The van der Waals surface area contributed by atoms with Crippen molar-refractivity contribution in [3.05, 3.63) is 35.6 Å². The van der Waals surface area contributed by atoms with Gasteiger partial charge in [0.2, 0.25) is 0 Å². The summed E-state index contributed by atoms with van der Waals surface area (Å²) in [6, 6.07) is 7.16. The van der Waals surface area contributed by atoms with Gasteiger partial charge >= 0.3 is 51.4 Å². The van der Waals surface area contributed by atoms with Gasteiger partial charge in [-0.15, -0.1) is 0 Å². The Hall–Kier alpha value is 0.126. The fraction of sp³-hybridized carbons (Fsp3) is 0.222. The van der Waals surface area contributed by atoms with E-state index in [4.69, 9.17) is 10.5 Å². The van der Waals surface area contributed by atoms with Gasteiger partial charge in [0, 0.05) is 6.42 Å². The molecule has 0 saturated heterocycles. The van der Waals surface area contributed by atoms with E-state index in [2.05, 4.69) is 0 Å². The van der Waals surface area contributed by atoms with Gasteiger partial charge in [0.25, 0.3) is 0 Å². The Balaban J connectivity index is 0.00000144. The Morgan fingerprint density at radius 2 is 2.23 bits per heavy atom. The predicted octanol–water partition coefficient (Wildman–Crippen LogP) is -1.18. The van der Waals surface area contributed by atoms with Crippen LogP contribution in [-0.2, 0) is 11.2 Å². The summed E-state index contributed by atoms with van der Waals surface area (Å²) in [6.45, 7) is 0. The van der Waals surface area contributed by atoms with Crippen LogP contribution in [-0.4, -0.2) is 13.0 Å². The first-order valence-electron chi connectivity index (χ1n) is 3.59. The first-order chi connectivity index (χ1) is 5.72. The van der Waals surface area contributed by atoms with Gasteiger partial charge in [-0.05, 0) is 17.7 Å². The summed E-state index contributed by atoms with van der Waals surface area (Å²) in [6.07, 6.45) is 0.150. The number of hydrogen-bond donors (Lipinski definition) is 0. The summed E-state index contributed by atoms with van der Waals surface area (Å²) in [5.74, 6) is 0.136. The third-order valence-corrected chi connectivity index (χ3v) is 1.50. The van der Waals surface area contributed by atoms with Gasteiger partial charge in [0.15, 0.2) is 0 Å². The molecule has 0 fully saturated rings. The zero-order chi connectivity index (χ0) is 8.97. The summed E-state index contributed by atoms with van der Waals surface area (Å²) in [7, 11) is 1.57. The number of rotatable bonds is 3. The average Bonchev–Trinajstić information content (AvgIpc) is 2.03. The normalized spacial score (nSPS) is 8.69. The van der Waals surface area contributed by atoms with Crippen molar-refractivity contribution < 1.29 is 60.9 Å². The second kappa shape index (κ2) is 6.56. The molecule has 1 aromatic rings. The number of hydrogen-bond acceptors (Lipinski definition) is 2. The second-order valence-corrected chi connectivity index (χ2v) is 2.45. The van der Waals surface area contributed by atoms with Crippen LogP contribution in [0.15, 0.2) is 24.3 Å². The molecule has 3 nitrogen and oxygen atoms in total. The quantitative estimate of drug-likeness (QED) is 0.581. The summed E-state index contributed by atoms with van der Waals surface area (Å²) in [4.78, 5) is 10.4. The Bertz CT molecular complexity index is 289. The molecule has 0 atom stereocenters. The second-order valence-electron chi connectivity index (χ2n) is 2.45. The standard InChI is InChI=1S/C9H11NO2.K/c1-12-8-4-2-3-7(5-8)6-9(10)11;/h2-5H,6H2,1H3,(H2,10,11);/q;+1/p-1. The van der Waals surface area contributed by atoms with Gasteiger partial charge < -0.3 is 15.3 Å². The molecular formula is C9H10KNO2. The van der Waals surface area contributed by atoms with Gasteiger partial charge in [0.1, 0.15) is 5.75 Å². The molecular weight excluding hydrogens is 193 g/mol. The molecule has 0 unspecified atom stereocenters. The summed E-state index contributed by atoms with van der Waals surface area (Å²) >= 11 is 0. The van der Waals surface area contributed by atoms with E-state index in [0.717, 1.165) is 5.56 Å². The van der Waals surface area contributed by atoms with Crippen molar-refractivity contribution in [1.29, 1.82) is 0 Å². The van der Waals surface area contributed by atoms with Crippen LogP contribution >= 0.6 is 0 Å². The number of carbonyl (C=O) groups excluding carboxylic acids is 1. The van der Waals surface area contributed by atoms with E-state index in [-0.39, 0.29) is 57.8 Å². The molecule has 1 rings (SSSR count). The van der Waals surface area contributed by atoms with Crippen molar-refractivity contribution in [2.45, 2.75) is 6.42 Å². The van der Waals surface area contributed by atoms with Crippen LogP contribution in [0.4, 0.5) is 0 Å². The molecule has 1 N–H and O–H groups in total. The topological polar surface area (TPSA) is 50.1 Å². The Kier molecular flexibility index (Phi) is 6.62. The first kappa shape index (κ1) is 13.1.